The van der Waals surface area contributed by atoms with E-state index in [9.17, 15) is 0 Å². The fourth-order valence-electron chi connectivity index (χ4n) is 1.16. The van der Waals surface area contributed by atoms with Gasteiger partial charge in [-0.2, -0.15) is 0 Å². The molecule has 15 heavy (non-hydrogen) atoms. The fourth-order valence-corrected chi connectivity index (χ4v) is 1.16. The standard InChI is InChI=1S/C10H11N5/c1-3-8-4-9(12-6-11-8)14-10-5-15(2)7-13-10/h3-7H,1H2,2H3,(H,11,12,14). The molecular weight excluding hydrogens is 190 g/mol. The van der Waals surface area contributed by atoms with Gasteiger partial charge < -0.3 is 9.88 Å². The van der Waals surface area contributed by atoms with E-state index >= 15 is 0 Å². The highest BCUT2D eigenvalue weighted by Gasteiger charge is 1.99. The average molecular weight is 201 g/mol. The Kier molecular flexibility index (Phi) is 2.45. The second kappa shape index (κ2) is 3.91. The third kappa shape index (κ3) is 2.19. The Labute approximate surface area is 87.5 Å². The van der Waals surface area contributed by atoms with Crippen molar-refractivity contribution in [1.82, 2.24) is 19.5 Å². The molecule has 0 saturated heterocycles. The van der Waals surface area contributed by atoms with Crippen LogP contribution >= 0.6 is 0 Å². The molecule has 0 radical (unpaired) electrons. The Balaban J connectivity index is 2.20. The Morgan fingerprint density at radius 2 is 2.20 bits per heavy atom. The molecule has 0 aliphatic heterocycles. The van der Waals surface area contributed by atoms with Crippen LogP contribution in [-0.2, 0) is 7.05 Å². The predicted molar refractivity (Wildman–Crippen MR) is 58.6 cm³/mol. The van der Waals surface area contributed by atoms with E-state index in [4.69, 9.17) is 0 Å². The number of nitrogens with zero attached hydrogens (tertiary/aromatic N) is 4. The van der Waals surface area contributed by atoms with E-state index in [2.05, 4.69) is 26.8 Å². The highest BCUT2D eigenvalue weighted by Crippen LogP contribution is 2.11. The van der Waals surface area contributed by atoms with Crippen LogP contribution in [0.5, 0.6) is 0 Å². The van der Waals surface area contributed by atoms with Crippen molar-refractivity contribution in [1.29, 1.82) is 0 Å². The first-order valence-electron chi connectivity index (χ1n) is 4.47. The second-order valence-electron chi connectivity index (χ2n) is 3.08. The fraction of sp³-hybridized carbons (Fsp3) is 0.100. The first-order valence-corrected chi connectivity index (χ1v) is 4.47. The monoisotopic (exact) mass is 201 g/mol. The second-order valence-corrected chi connectivity index (χ2v) is 3.08. The molecule has 0 fully saturated rings. The van der Waals surface area contributed by atoms with Gasteiger partial charge in [0.15, 0.2) is 0 Å². The van der Waals surface area contributed by atoms with Crippen molar-refractivity contribution in [2.75, 3.05) is 5.32 Å². The number of hydrogen-bond donors (Lipinski definition) is 1. The number of anilines is 2. The van der Waals surface area contributed by atoms with E-state index in [0.717, 1.165) is 11.5 Å². The molecule has 2 heterocycles. The molecule has 0 saturated carbocycles. The number of imidazole rings is 1. The summed E-state index contributed by atoms with van der Waals surface area (Å²) in [4.78, 5) is 12.2. The van der Waals surface area contributed by atoms with Gasteiger partial charge in [-0.25, -0.2) is 15.0 Å². The van der Waals surface area contributed by atoms with Gasteiger partial charge in [0.1, 0.15) is 18.0 Å². The molecule has 0 amide bonds. The number of aryl methyl sites for hydroxylation is 1. The lowest BCUT2D eigenvalue weighted by Crippen LogP contribution is -1.95. The van der Waals surface area contributed by atoms with E-state index in [-0.39, 0.29) is 0 Å². The molecule has 0 aliphatic rings. The number of aromatic nitrogens is 4. The van der Waals surface area contributed by atoms with Crippen LogP contribution in [0.15, 0.2) is 31.5 Å². The topological polar surface area (TPSA) is 55.6 Å². The zero-order valence-corrected chi connectivity index (χ0v) is 8.38. The van der Waals surface area contributed by atoms with Crippen molar-refractivity contribution >= 4 is 17.7 Å². The number of rotatable bonds is 3. The molecular formula is C10H11N5. The summed E-state index contributed by atoms with van der Waals surface area (Å²) in [7, 11) is 1.91. The molecule has 0 spiro atoms. The third-order valence-electron chi connectivity index (χ3n) is 1.86. The van der Waals surface area contributed by atoms with Gasteiger partial charge in [0, 0.05) is 19.3 Å². The summed E-state index contributed by atoms with van der Waals surface area (Å²) < 4.78 is 1.86. The maximum absolute atomic E-state index is 4.13. The minimum absolute atomic E-state index is 0.707. The molecule has 5 heteroatoms. The molecule has 76 valence electrons. The van der Waals surface area contributed by atoms with Gasteiger partial charge in [-0.1, -0.05) is 6.58 Å². The molecule has 0 bridgehead atoms. The van der Waals surface area contributed by atoms with Crippen LogP contribution in [-0.4, -0.2) is 19.5 Å². The molecule has 0 atom stereocenters. The van der Waals surface area contributed by atoms with Crippen molar-refractivity contribution in [3.05, 3.63) is 37.2 Å². The molecule has 0 aromatic carbocycles. The van der Waals surface area contributed by atoms with Crippen molar-refractivity contribution in [3.63, 3.8) is 0 Å². The lowest BCUT2D eigenvalue weighted by Gasteiger charge is -2.01. The summed E-state index contributed by atoms with van der Waals surface area (Å²) in [5.41, 5.74) is 0.781. The van der Waals surface area contributed by atoms with Gasteiger partial charge in [-0.05, 0) is 6.08 Å². The molecule has 0 aliphatic carbocycles. The Hall–Kier alpha value is -2.17. The highest BCUT2D eigenvalue weighted by atomic mass is 15.1. The van der Waals surface area contributed by atoms with Crippen LogP contribution in [0.1, 0.15) is 5.69 Å². The lowest BCUT2D eigenvalue weighted by molar-refractivity contribution is 0.913. The first-order chi connectivity index (χ1) is 7.28. The van der Waals surface area contributed by atoms with Crippen LogP contribution in [0.3, 0.4) is 0 Å². The van der Waals surface area contributed by atoms with Gasteiger partial charge >= 0.3 is 0 Å². The average Bonchev–Trinajstić information content (AvgIpc) is 2.64. The SMILES string of the molecule is C=Cc1cc(Nc2cn(C)cn2)ncn1. The van der Waals surface area contributed by atoms with Gasteiger partial charge in [-0.3, -0.25) is 0 Å². The van der Waals surface area contributed by atoms with Crippen molar-refractivity contribution in [2.45, 2.75) is 0 Å². The number of hydrogen-bond acceptors (Lipinski definition) is 4. The van der Waals surface area contributed by atoms with Crippen LogP contribution in [0.2, 0.25) is 0 Å². The Morgan fingerprint density at radius 1 is 1.33 bits per heavy atom. The Morgan fingerprint density at radius 3 is 2.87 bits per heavy atom. The summed E-state index contributed by atoms with van der Waals surface area (Å²) in [6, 6.07) is 1.81. The molecule has 2 aromatic rings. The van der Waals surface area contributed by atoms with Crippen LogP contribution in [0.25, 0.3) is 6.08 Å². The molecule has 2 aromatic heterocycles. The maximum Gasteiger partial charge on any atom is 0.149 e. The summed E-state index contributed by atoms with van der Waals surface area (Å²) in [5, 5.41) is 3.07. The highest BCUT2D eigenvalue weighted by molar-refractivity contribution is 5.54. The minimum atomic E-state index is 0.707. The molecule has 1 N–H and O–H groups in total. The smallest absolute Gasteiger partial charge is 0.149 e. The lowest BCUT2D eigenvalue weighted by atomic mass is 10.4. The third-order valence-corrected chi connectivity index (χ3v) is 1.86. The summed E-state index contributed by atoms with van der Waals surface area (Å²) in [6.07, 6.45) is 6.75. The van der Waals surface area contributed by atoms with Gasteiger partial charge in [0.25, 0.3) is 0 Å². The van der Waals surface area contributed by atoms with Crippen LogP contribution < -0.4 is 5.32 Å². The summed E-state index contributed by atoms with van der Waals surface area (Å²) in [6.45, 7) is 3.65. The number of nitrogens with one attached hydrogen (secondary N) is 1. The molecule has 0 unspecified atom stereocenters. The Bertz CT molecular complexity index is 474. The van der Waals surface area contributed by atoms with E-state index in [1.54, 1.807) is 12.4 Å². The summed E-state index contributed by atoms with van der Waals surface area (Å²) >= 11 is 0. The van der Waals surface area contributed by atoms with E-state index in [1.165, 1.54) is 6.33 Å². The van der Waals surface area contributed by atoms with Gasteiger partial charge in [-0.15, -0.1) is 0 Å². The molecule has 2 rings (SSSR count). The van der Waals surface area contributed by atoms with Gasteiger partial charge in [0.05, 0.1) is 12.0 Å². The quantitative estimate of drug-likeness (QED) is 0.819. The minimum Gasteiger partial charge on any atom is -0.338 e. The molecule has 5 nitrogen and oxygen atoms in total. The largest absolute Gasteiger partial charge is 0.338 e. The first kappa shape index (κ1) is 9.39. The van der Waals surface area contributed by atoms with Crippen molar-refractivity contribution < 1.29 is 0 Å². The van der Waals surface area contributed by atoms with E-state index in [0.29, 0.717) is 5.82 Å². The van der Waals surface area contributed by atoms with Crippen LogP contribution in [0, 0.1) is 0 Å². The zero-order valence-electron chi connectivity index (χ0n) is 8.38. The normalized spacial score (nSPS) is 9.93. The van der Waals surface area contributed by atoms with Crippen LogP contribution in [0.4, 0.5) is 11.6 Å². The van der Waals surface area contributed by atoms with Crippen molar-refractivity contribution in [3.8, 4) is 0 Å². The zero-order chi connectivity index (χ0) is 10.7. The predicted octanol–water partition coefficient (Wildman–Crippen LogP) is 1.60. The van der Waals surface area contributed by atoms with Crippen molar-refractivity contribution in [2.24, 2.45) is 7.05 Å². The maximum atomic E-state index is 4.13. The van der Waals surface area contributed by atoms with E-state index in [1.807, 2.05) is 23.9 Å². The van der Waals surface area contributed by atoms with Gasteiger partial charge in [0.2, 0.25) is 0 Å². The van der Waals surface area contributed by atoms with E-state index < -0.39 is 0 Å². The summed E-state index contributed by atoms with van der Waals surface area (Å²) in [5.74, 6) is 1.46.